The van der Waals surface area contributed by atoms with E-state index in [1.165, 1.54) is 0 Å². The van der Waals surface area contributed by atoms with Gasteiger partial charge in [0, 0.05) is 11.3 Å². The lowest BCUT2D eigenvalue weighted by molar-refractivity contribution is 0.0960. The van der Waals surface area contributed by atoms with Crippen LogP contribution in [0.4, 0.5) is 5.69 Å². The number of hydrogen-bond acceptors (Lipinski definition) is 5. The van der Waals surface area contributed by atoms with Crippen molar-refractivity contribution >= 4 is 22.6 Å². The lowest BCUT2D eigenvalue weighted by Crippen LogP contribution is -2.24. The predicted molar refractivity (Wildman–Crippen MR) is 79.3 cm³/mol. The molecule has 1 aliphatic heterocycles. The summed E-state index contributed by atoms with van der Waals surface area (Å²) in [5, 5.41) is 0. The summed E-state index contributed by atoms with van der Waals surface area (Å²) < 4.78 is 11.5. The molecule has 4 rings (SSSR count). The van der Waals surface area contributed by atoms with Crippen LogP contribution in [0.1, 0.15) is 10.4 Å². The third kappa shape index (κ3) is 1.76. The van der Waals surface area contributed by atoms with Crippen molar-refractivity contribution in [2.45, 2.75) is 0 Å². The van der Waals surface area contributed by atoms with Crippen molar-refractivity contribution in [3.8, 4) is 11.5 Å². The highest BCUT2D eigenvalue weighted by atomic mass is 16.7. The van der Waals surface area contributed by atoms with Crippen LogP contribution in [0.3, 0.4) is 0 Å². The molecule has 0 saturated carbocycles. The Bertz CT molecular complexity index is 971. The van der Waals surface area contributed by atoms with E-state index in [0.717, 1.165) is 4.57 Å². The highest BCUT2D eigenvalue weighted by molar-refractivity contribution is 6.01. The Morgan fingerprint density at radius 1 is 1.14 bits per heavy atom. The first-order chi connectivity index (χ1) is 10.6. The molecule has 0 fully saturated rings. The van der Waals surface area contributed by atoms with Gasteiger partial charge < -0.3 is 20.2 Å². The molecule has 1 aromatic heterocycles. The van der Waals surface area contributed by atoms with E-state index >= 15 is 0 Å². The van der Waals surface area contributed by atoms with Crippen molar-refractivity contribution in [1.82, 2.24) is 9.55 Å². The minimum Gasteiger partial charge on any atom is -0.454 e. The van der Waals surface area contributed by atoms with Gasteiger partial charge in [-0.05, 0) is 36.4 Å². The Morgan fingerprint density at radius 3 is 2.82 bits per heavy atom. The summed E-state index contributed by atoms with van der Waals surface area (Å²) in [6, 6.07) is 9.69. The Labute approximate surface area is 123 Å². The lowest BCUT2D eigenvalue weighted by Gasteiger charge is -2.04. The molecule has 0 spiro atoms. The molecule has 0 bridgehead atoms. The van der Waals surface area contributed by atoms with Crippen molar-refractivity contribution in [3.05, 3.63) is 52.4 Å². The molecule has 0 unspecified atom stereocenters. The molecule has 0 saturated heterocycles. The number of carbonyl (C=O) groups is 1. The van der Waals surface area contributed by atoms with Crippen LogP contribution in [0.25, 0.3) is 11.0 Å². The summed E-state index contributed by atoms with van der Waals surface area (Å²) in [4.78, 5) is 27.4. The zero-order chi connectivity index (χ0) is 15.3. The highest BCUT2D eigenvalue weighted by Crippen LogP contribution is 2.32. The molecule has 110 valence electrons. The number of nitrogen functional groups attached to an aromatic ring is 1. The van der Waals surface area contributed by atoms with Crippen LogP contribution in [0, 0.1) is 0 Å². The largest absolute Gasteiger partial charge is 0.454 e. The standard InChI is InChI=1S/C15H11N3O4/c16-9-2-3-11-10(6-9)17-15(20)18(11)14(19)8-1-4-12-13(5-8)22-7-21-12/h1-6H,7,16H2,(H,17,20). The molecular formula is C15H11N3O4. The van der Waals surface area contributed by atoms with Gasteiger partial charge in [0.1, 0.15) is 0 Å². The van der Waals surface area contributed by atoms with Crippen molar-refractivity contribution in [1.29, 1.82) is 0 Å². The fourth-order valence-corrected chi connectivity index (χ4v) is 2.49. The van der Waals surface area contributed by atoms with Gasteiger partial charge in [-0.1, -0.05) is 0 Å². The normalized spacial score (nSPS) is 12.7. The van der Waals surface area contributed by atoms with E-state index in [1.54, 1.807) is 36.4 Å². The van der Waals surface area contributed by atoms with Crippen LogP contribution in [-0.2, 0) is 0 Å². The van der Waals surface area contributed by atoms with E-state index in [1.807, 2.05) is 0 Å². The minimum atomic E-state index is -0.511. The van der Waals surface area contributed by atoms with Gasteiger partial charge in [0.25, 0.3) is 5.91 Å². The number of rotatable bonds is 1. The zero-order valence-electron chi connectivity index (χ0n) is 11.3. The van der Waals surface area contributed by atoms with Crippen molar-refractivity contribution in [2.75, 3.05) is 12.5 Å². The van der Waals surface area contributed by atoms with E-state index in [-0.39, 0.29) is 6.79 Å². The molecule has 2 aromatic carbocycles. The fourth-order valence-electron chi connectivity index (χ4n) is 2.49. The van der Waals surface area contributed by atoms with Gasteiger partial charge in [0.15, 0.2) is 11.5 Å². The number of anilines is 1. The molecule has 3 aromatic rings. The van der Waals surface area contributed by atoms with Gasteiger partial charge in [-0.25, -0.2) is 9.36 Å². The number of ether oxygens (including phenoxy) is 2. The fraction of sp³-hybridized carbons (Fsp3) is 0.0667. The molecule has 7 nitrogen and oxygen atoms in total. The Balaban J connectivity index is 1.86. The smallest absolute Gasteiger partial charge is 0.333 e. The second-order valence-corrected chi connectivity index (χ2v) is 4.92. The molecule has 22 heavy (non-hydrogen) atoms. The number of hydrogen-bond donors (Lipinski definition) is 2. The Kier molecular flexibility index (Phi) is 2.50. The molecule has 0 aliphatic carbocycles. The van der Waals surface area contributed by atoms with E-state index < -0.39 is 11.6 Å². The SMILES string of the molecule is Nc1ccc2c(c1)[nH]c(=O)n2C(=O)c1ccc2c(c1)OCO2. The van der Waals surface area contributed by atoms with E-state index in [0.29, 0.717) is 33.8 Å². The van der Waals surface area contributed by atoms with E-state index in [2.05, 4.69) is 4.98 Å². The first kappa shape index (κ1) is 12.5. The Morgan fingerprint density at radius 2 is 1.95 bits per heavy atom. The van der Waals surface area contributed by atoms with Crippen LogP contribution >= 0.6 is 0 Å². The summed E-state index contributed by atoms with van der Waals surface area (Å²) in [5.41, 5.74) is 7.01. The third-order valence-electron chi connectivity index (χ3n) is 3.53. The summed E-state index contributed by atoms with van der Waals surface area (Å²) in [6.07, 6.45) is 0. The molecule has 2 heterocycles. The van der Waals surface area contributed by atoms with E-state index in [9.17, 15) is 9.59 Å². The molecular weight excluding hydrogens is 286 g/mol. The summed E-state index contributed by atoms with van der Waals surface area (Å²) >= 11 is 0. The molecule has 3 N–H and O–H groups in total. The first-order valence-corrected chi connectivity index (χ1v) is 6.58. The van der Waals surface area contributed by atoms with Crippen LogP contribution in [0.5, 0.6) is 11.5 Å². The van der Waals surface area contributed by atoms with Crippen molar-refractivity contribution in [3.63, 3.8) is 0 Å². The number of benzene rings is 2. The number of nitrogens with zero attached hydrogens (tertiary/aromatic N) is 1. The van der Waals surface area contributed by atoms with Gasteiger partial charge in [-0.15, -0.1) is 0 Å². The maximum absolute atomic E-state index is 12.6. The lowest BCUT2D eigenvalue weighted by atomic mass is 10.2. The minimum absolute atomic E-state index is 0.124. The van der Waals surface area contributed by atoms with Crippen LogP contribution in [-0.4, -0.2) is 22.3 Å². The number of carbonyl (C=O) groups excluding carboxylic acids is 1. The second kappa shape index (κ2) is 4.39. The molecule has 1 aliphatic rings. The average molecular weight is 297 g/mol. The number of aromatic nitrogens is 2. The van der Waals surface area contributed by atoms with Crippen LogP contribution in [0.15, 0.2) is 41.2 Å². The van der Waals surface area contributed by atoms with Crippen LogP contribution < -0.4 is 20.9 Å². The quantitative estimate of drug-likeness (QED) is 0.660. The number of aromatic amines is 1. The van der Waals surface area contributed by atoms with Crippen molar-refractivity contribution < 1.29 is 14.3 Å². The molecule has 7 heteroatoms. The predicted octanol–water partition coefficient (Wildman–Crippen LogP) is 1.33. The number of H-pyrrole nitrogens is 1. The highest BCUT2D eigenvalue weighted by Gasteiger charge is 2.20. The monoisotopic (exact) mass is 297 g/mol. The second-order valence-electron chi connectivity index (χ2n) is 4.92. The first-order valence-electron chi connectivity index (χ1n) is 6.58. The number of nitrogens with two attached hydrogens (primary N) is 1. The number of nitrogens with one attached hydrogen (secondary N) is 1. The zero-order valence-corrected chi connectivity index (χ0v) is 11.3. The van der Waals surface area contributed by atoms with Gasteiger partial charge >= 0.3 is 5.69 Å². The van der Waals surface area contributed by atoms with Gasteiger partial charge in [0.2, 0.25) is 6.79 Å². The number of fused-ring (bicyclic) bond motifs is 2. The maximum Gasteiger partial charge on any atom is 0.333 e. The molecule has 0 amide bonds. The number of imidazole rings is 1. The maximum atomic E-state index is 12.6. The van der Waals surface area contributed by atoms with Gasteiger partial charge in [-0.2, -0.15) is 0 Å². The molecule has 0 atom stereocenters. The summed E-state index contributed by atoms with van der Waals surface area (Å²) in [7, 11) is 0. The van der Waals surface area contributed by atoms with Crippen molar-refractivity contribution in [2.24, 2.45) is 0 Å². The third-order valence-corrected chi connectivity index (χ3v) is 3.53. The summed E-state index contributed by atoms with van der Waals surface area (Å²) in [6.45, 7) is 0.124. The molecule has 0 radical (unpaired) electrons. The summed E-state index contributed by atoms with van der Waals surface area (Å²) in [5.74, 6) is 0.623. The van der Waals surface area contributed by atoms with Gasteiger partial charge in [-0.3, -0.25) is 4.79 Å². The van der Waals surface area contributed by atoms with Crippen LogP contribution in [0.2, 0.25) is 0 Å². The van der Waals surface area contributed by atoms with E-state index in [4.69, 9.17) is 15.2 Å². The average Bonchev–Trinajstić information content (AvgIpc) is 3.08. The van der Waals surface area contributed by atoms with Gasteiger partial charge in [0.05, 0.1) is 11.0 Å². The topological polar surface area (TPSA) is 99.3 Å². The Hall–Kier alpha value is -3.22.